The summed E-state index contributed by atoms with van der Waals surface area (Å²) < 4.78 is 13.1. The highest BCUT2D eigenvalue weighted by atomic mass is 79.9. The van der Waals surface area contributed by atoms with Gasteiger partial charge in [-0.15, -0.1) is 0 Å². The van der Waals surface area contributed by atoms with Gasteiger partial charge in [-0.2, -0.15) is 0 Å². The van der Waals surface area contributed by atoms with Crippen LogP contribution in [0.4, 0.5) is 4.39 Å². The van der Waals surface area contributed by atoms with Gasteiger partial charge < -0.3 is 0 Å². The van der Waals surface area contributed by atoms with Crippen LogP contribution in [0.2, 0.25) is 0 Å². The maximum Gasteiger partial charge on any atom is 0.123 e. The van der Waals surface area contributed by atoms with Crippen LogP contribution in [0.1, 0.15) is 28.2 Å². The van der Waals surface area contributed by atoms with E-state index in [9.17, 15) is 4.39 Å². The Bertz CT molecular complexity index is 563. The van der Waals surface area contributed by atoms with Crippen LogP contribution in [-0.2, 0) is 6.42 Å². The second-order valence-electron chi connectivity index (χ2n) is 5.04. The van der Waals surface area contributed by atoms with Gasteiger partial charge in [0.1, 0.15) is 5.82 Å². The molecule has 0 nitrogen and oxygen atoms in total. The van der Waals surface area contributed by atoms with Gasteiger partial charge in [0.2, 0.25) is 0 Å². The maximum atomic E-state index is 13.1. The molecule has 100 valence electrons. The van der Waals surface area contributed by atoms with Crippen LogP contribution >= 0.6 is 15.9 Å². The molecule has 0 fully saturated rings. The third kappa shape index (κ3) is 3.66. The van der Waals surface area contributed by atoms with E-state index >= 15 is 0 Å². The third-order valence-electron chi connectivity index (χ3n) is 3.47. The van der Waals surface area contributed by atoms with Gasteiger partial charge in [-0.05, 0) is 55.0 Å². The lowest BCUT2D eigenvalue weighted by molar-refractivity contribution is 0.624. The number of benzene rings is 2. The van der Waals surface area contributed by atoms with E-state index < -0.39 is 0 Å². The van der Waals surface area contributed by atoms with E-state index in [4.69, 9.17) is 0 Å². The summed E-state index contributed by atoms with van der Waals surface area (Å²) in [4.78, 5) is 0. The van der Waals surface area contributed by atoms with Crippen molar-refractivity contribution in [3.8, 4) is 0 Å². The molecule has 0 aromatic heterocycles. The second kappa shape index (κ2) is 6.33. The van der Waals surface area contributed by atoms with Crippen LogP contribution in [0.5, 0.6) is 0 Å². The zero-order valence-corrected chi connectivity index (χ0v) is 12.9. The van der Waals surface area contributed by atoms with Crippen molar-refractivity contribution in [3.63, 3.8) is 0 Å². The Morgan fingerprint density at radius 1 is 1.11 bits per heavy atom. The first-order chi connectivity index (χ1) is 9.10. The van der Waals surface area contributed by atoms with Crippen LogP contribution in [0.15, 0.2) is 42.5 Å². The first-order valence-electron chi connectivity index (χ1n) is 6.47. The lowest BCUT2D eigenvalue weighted by Gasteiger charge is -2.16. The Labute approximate surface area is 122 Å². The summed E-state index contributed by atoms with van der Waals surface area (Å²) in [5, 5.41) is 0.910. The summed E-state index contributed by atoms with van der Waals surface area (Å²) in [6.07, 6.45) is 0.931. The minimum absolute atomic E-state index is 0.160. The molecular formula is C17H18BrF. The molecule has 1 atom stereocenters. The van der Waals surface area contributed by atoms with Gasteiger partial charge in [0.05, 0.1) is 0 Å². The molecule has 0 saturated carbocycles. The van der Waals surface area contributed by atoms with Crippen molar-refractivity contribution in [1.82, 2.24) is 0 Å². The van der Waals surface area contributed by atoms with E-state index in [1.165, 1.54) is 16.7 Å². The Hall–Kier alpha value is -1.15. The van der Waals surface area contributed by atoms with Gasteiger partial charge in [0.25, 0.3) is 0 Å². The normalized spacial score (nSPS) is 12.4. The smallest absolute Gasteiger partial charge is 0.123 e. The first kappa shape index (κ1) is 14.3. The van der Waals surface area contributed by atoms with Crippen LogP contribution in [0.3, 0.4) is 0 Å². The summed E-state index contributed by atoms with van der Waals surface area (Å²) >= 11 is 3.60. The minimum atomic E-state index is -0.160. The van der Waals surface area contributed by atoms with E-state index in [-0.39, 0.29) is 5.82 Å². The first-order valence-corrected chi connectivity index (χ1v) is 7.60. The second-order valence-corrected chi connectivity index (χ2v) is 5.69. The molecule has 2 heteroatoms. The van der Waals surface area contributed by atoms with Crippen LogP contribution in [0.25, 0.3) is 0 Å². The summed E-state index contributed by atoms with van der Waals surface area (Å²) in [6.45, 7) is 4.08. The molecule has 0 amide bonds. The number of hydrogen-bond donors (Lipinski definition) is 0. The van der Waals surface area contributed by atoms with Gasteiger partial charge >= 0.3 is 0 Å². The number of aryl methyl sites for hydroxylation is 2. The van der Waals surface area contributed by atoms with E-state index in [2.05, 4.69) is 47.1 Å². The van der Waals surface area contributed by atoms with Crippen molar-refractivity contribution in [1.29, 1.82) is 0 Å². The van der Waals surface area contributed by atoms with Crippen molar-refractivity contribution in [2.45, 2.75) is 26.2 Å². The van der Waals surface area contributed by atoms with Gasteiger partial charge in [0.15, 0.2) is 0 Å². The molecule has 0 aliphatic heterocycles. The molecule has 0 radical (unpaired) electrons. The average Bonchev–Trinajstić information content (AvgIpc) is 2.38. The molecule has 0 aliphatic rings. The van der Waals surface area contributed by atoms with Crippen molar-refractivity contribution in [2.24, 2.45) is 0 Å². The quantitative estimate of drug-likeness (QED) is 0.682. The van der Waals surface area contributed by atoms with E-state index in [0.29, 0.717) is 5.92 Å². The van der Waals surface area contributed by atoms with E-state index in [1.807, 2.05) is 13.0 Å². The summed E-state index contributed by atoms with van der Waals surface area (Å²) in [5.74, 6) is 0.260. The highest BCUT2D eigenvalue weighted by Crippen LogP contribution is 2.25. The summed E-state index contributed by atoms with van der Waals surface area (Å²) in [7, 11) is 0. The van der Waals surface area contributed by atoms with E-state index in [1.54, 1.807) is 12.1 Å². The molecule has 2 rings (SSSR count). The van der Waals surface area contributed by atoms with Crippen molar-refractivity contribution < 1.29 is 4.39 Å². The van der Waals surface area contributed by atoms with Gasteiger partial charge in [-0.1, -0.05) is 51.8 Å². The standard InChI is InChI=1S/C17H18BrF/c1-12-4-3-5-15(8-12)16(11-18)10-14-6-7-17(19)9-13(14)2/h3-9,16H,10-11H2,1-2H3. The number of hydrogen-bond acceptors (Lipinski definition) is 0. The highest BCUT2D eigenvalue weighted by molar-refractivity contribution is 9.09. The molecule has 2 aromatic carbocycles. The fourth-order valence-corrected chi connectivity index (χ4v) is 2.94. The highest BCUT2D eigenvalue weighted by Gasteiger charge is 2.13. The Kier molecular flexibility index (Phi) is 4.76. The molecular weight excluding hydrogens is 303 g/mol. The molecule has 0 N–H and O–H groups in total. The average molecular weight is 321 g/mol. The molecule has 0 aliphatic carbocycles. The monoisotopic (exact) mass is 320 g/mol. The zero-order valence-electron chi connectivity index (χ0n) is 11.3. The number of alkyl halides is 1. The molecule has 0 bridgehead atoms. The number of halogens is 2. The summed E-state index contributed by atoms with van der Waals surface area (Å²) in [6, 6.07) is 13.6. The van der Waals surface area contributed by atoms with Crippen molar-refractivity contribution in [2.75, 3.05) is 5.33 Å². The molecule has 19 heavy (non-hydrogen) atoms. The largest absolute Gasteiger partial charge is 0.207 e. The molecule has 0 saturated heterocycles. The van der Waals surface area contributed by atoms with Crippen molar-refractivity contribution in [3.05, 3.63) is 70.5 Å². The Morgan fingerprint density at radius 3 is 2.53 bits per heavy atom. The zero-order chi connectivity index (χ0) is 13.8. The SMILES string of the molecule is Cc1cccc(C(CBr)Cc2ccc(F)cc2C)c1. The topological polar surface area (TPSA) is 0 Å². The van der Waals surface area contributed by atoms with Crippen LogP contribution < -0.4 is 0 Å². The van der Waals surface area contributed by atoms with Gasteiger partial charge in [0, 0.05) is 5.33 Å². The van der Waals surface area contributed by atoms with Gasteiger partial charge in [-0.25, -0.2) is 4.39 Å². The van der Waals surface area contributed by atoms with E-state index in [0.717, 1.165) is 17.3 Å². The van der Waals surface area contributed by atoms with Crippen LogP contribution in [-0.4, -0.2) is 5.33 Å². The number of rotatable bonds is 4. The predicted octanol–water partition coefficient (Wildman–Crippen LogP) is 5.16. The lowest BCUT2D eigenvalue weighted by atomic mass is 9.91. The third-order valence-corrected chi connectivity index (χ3v) is 4.25. The fourth-order valence-electron chi connectivity index (χ4n) is 2.34. The summed E-state index contributed by atoms with van der Waals surface area (Å²) in [5.41, 5.74) is 4.85. The van der Waals surface area contributed by atoms with Crippen LogP contribution in [0, 0.1) is 19.7 Å². The fraction of sp³-hybridized carbons (Fsp3) is 0.294. The maximum absolute atomic E-state index is 13.1. The minimum Gasteiger partial charge on any atom is -0.207 e. The van der Waals surface area contributed by atoms with Gasteiger partial charge in [-0.3, -0.25) is 0 Å². The molecule has 2 aromatic rings. The molecule has 1 unspecified atom stereocenters. The Balaban J connectivity index is 2.24. The molecule has 0 heterocycles. The molecule has 0 spiro atoms. The predicted molar refractivity (Wildman–Crippen MR) is 82.6 cm³/mol. The lowest BCUT2D eigenvalue weighted by Crippen LogP contribution is -2.06. The van der Waals surface area contributed by atoms with Crippen molar-refractivity contribution >= 4 is 15.9 Å². The Morgan fingerprint density at radius 2 is 1.89 bits per heavy atom.